The van der Waals surface area contributed by atoms with Gasteiger partial charge in [0.1, 0.15) is 11.0 Å². The van der Waals surface area contributed by atoms with Crippen LogP contribution in [-0.4, -0.2) is 10.9 Å². The van der Waals surface area contributed by atoms with Gasteiger partial charge in [0.25, 0.3) is 0 Å². The fourth-order valence-electron chi connectivity index (χ4n) is 1.88. The van der Waals surface area contributed by atoms with Gasteiger partial charge in [0.2, 0.25) is 5.91 Å². The van der Waals surface area contributed by atoms with Crippen molar-refractivity contribution < 1.29 is 4.79 Å². The molecule has 5 heteroatoms. The molecule has 0 fully saturated rings. The van der Waals surface area contributed by atoms with Crippen molar-refractivity contribution in [2.75, 3.05) is 10.6 Å². The second-order valence-corrected chi connectivity index (χ2v) is 4.91. The number of hydrogen-bond acceptors (Lipinski definition) is 3. The van der Waals surface area contributed by atoms with E-state index in [0.717, 1.165) is 17.1 Å². The Morgan fingerprint density at radius 2 is 2.00 bits per heavy atom. The van der Waals surface area contributed by atoms with Crippen LogP contribution in [0.15, 0.2) is 42.5 Å². The third-order valence-electron chi connectivity index (χ3n) is 2.79. The maximum absolute atomic E-state index is 11.1. The molecule has 0 aliphatic carbocycles. The van der Waals surface area contributed by atoms with E-state index in [1.807, 2.05) is 43.3 Å². The standard InChI is InChI=1S/C15H16ClN3O/c1-10(17-15-8-4-7-14(16)19-15)12-5-3-6-13(9-12)18-11(2)20/h3-10H,1-2H3,(H,17,19)(H,18,20). The maximum Gasteiger partial charge on any atom is 0.221 e. The van der Waals surface area contributed by atoms with Gasteiger partial charge in [-0.05, 0) is 36.8 Å². The number of anilines is 2. The summed E-state index contributed by atoms with van der Waals surface area (Å²) in [5, 5.41) is 6.49. The first kappa shape index (κ1) is 14.3. The lowest BCUT2D eigenvalue weighted by Gasteiger charge is -2.16. The summed E-state index contributed by atoms with van der Waals surface area (Å²) in [6.45, 7) is 3.51. The van der Waals surface area contributed by atoms with Gasteiger partial charge in [-0.15, -0.1) is 0 Å². The van der Waals surface area contributed by atoms with Gasteiger partial charge in [-0.3, -0.25) is 4.79 Å². The lowest BCUT2D eigenvalue weighted by atomic mass is 10.1. The lowest BCUT2D eigenvalue weighted by Crippen LogP contribution is -2.10. The van der Waals surface area contributed by atoms with Crippen LogP contribution < -0.4 is 10.6 Å². The zero-order chi connectivity index (χ0) is 14.5. The molecule has 0 radical (unpaired) electrons. The highest BCUT2D eigenvalue weighted by Crippen LogP contribution is 2.21. The minimum atomic E-state index is -0.0840. The van der Waals surface area contributed by atoms with Crippen LogP contribution >= 0.6 is 11.6 Å². The zero-order valence-electron chi connectivity index (χ0n) is 11.4. The fourth-order valence-corrected chi connectivity index (χ4v) is 2.05. The summed E-state index contributed by atoms with van der Waals surface area (Å²) in [5.41, 5.74) is 1.83. The molecule has 0 spiro atoms. The molecule has 0 aliphatic rings. The van der Waals surface area contributed by atoms with E-state index in [9.17, 15) is 4.79 Å². The monoisotopic (exact) mass is 289 g/mol. The Balaban J connectivity index is 2.12. The Morgan fingerprint density at radius 3 is 2.70 bits per heavy atom. The molecule has 1 aromatic carbocycles. The van der Waals surface area contributed by atoms with E-state index >= 15 is 0 Å². The second-order valence-electron chi connectivity index (χ2n) is 4.52. The summed E-state index contributed by atoms with van der Waals surface area (Å²) in [5.74, 6) is 0.634. The molecule has 0 aliphatic heterocycles. The molecule has 2 N–H and O–H groups in total. The normalized spacial score (nSPS) is 11.8. The first-order chi connectivity index (χ1) is 9.54. The van der Waals surface area contributed by atoms with Crippen molar-refractivity contribution in [3.8, 4) is 0 Å². The number of benzene rings is 1. The predicted octanol–water partition coefficient (Wildman–Crippen LogP) is 3.87. The van der Waals surface area contributed by atoms with Crippen molar-refractivity contribution >= 4 is 29.0 Å². The number of hydrogen-bond donors (Lipinski definition) is 2. The molecule has 0 bridgehead atoms. The topological polar surface area (TPSA) is 54.0 Å². The van der Waals surface area contributed by atoms with Crippen LogP contribution in [0.4, 0.5) is 11.5 Å². The minimum absolute atomic E-state index is 0.0506. The van der Waals surface area contributed by atoms with E-state index in [0.29, 0.717) is 5.15 Å². The van der Waals surface area contributed by atoms with Crippen molar-refractivity contribution in [2.24, 2.45) is 0 Å². The van der Waals surface area contributed by atoms with E-state index in [4.69, 9.17) is 11.6 Å². The first-order valence-electron chi connectivity index (χ1n) is 6.31. The van der Waals surface area contributed by atoms with Crippen molar-refractivity contribution in [3.63, 3.8) is 0 Å². The van der Waals surface area contributed by atoms with Crippen LogP contribution in [0.25, 0.3) is 0 Å². The number of pyridine rings is 1. The summed E-state index contributed by atoms with van der Waals surface area (Å²) in [4.78, 5) is 15.3. The Labute approximate surface area is 123 Å². The highest BCUT2D eigenvalue weighted by molar-refractivity contribution is 6.29. The van der Waals surface area contributed by atoms with E-state index in [-0.39, 0.29) is 11.9 Å². The molecule has 2 rings (SSSR count). The molecule has 1 unspecified atom stereocenters. The molecule has 104 valence electrons. The first-order valence-corrected chi connectivity index (χ1v) is 6.69. The highest BCUT2D eigenvalue weighted by atomic mass is 35.5. The number of amides is 1. The molecular formula is C15H16ClN3O. The summed E-state index contributed by atoms with van der Waals surface area (Å²) < 4.78 is 0. The van der Waals surface area contributed by atoms with Gasteiger partial charge in [0.05, 0.1) is 6.04 Å². The van der Waals surface area contributed by atoms with Crippen LogP contribution in [0.3, 0.4) is 0 Å². The summed E-state index contributed by atoms with van der Waals surface area (Å²) >= 11 is 5.86. The predicted molar refractivity (Wildman–Crippen MR) is 82.0 cm³/mol. The molecule has 1 atom stereocenters. The van der Waals surface area contributed by atoms with Gasteiger partial charge >= 0.3 is 0 Å². The largest absolute Gasteiger partial charge is 0.364 e. The molecule has 20 heavy (non-hydrogen) atoms. The Morgan fingerprint density at radius 1 is 1.25 bits per heavy atom. The average molecular weight is 290 g/mol. The van der Waals surface area contributed by atoms with Crippen LogP contribution in [0.1, 0.15) is 25.5 Å². The third-order valence-corrected chi connectivity index (χ3v) is 3.00. The van der Waals surface area contributed by atoms with E-state index < -0.39 is 0 Å². The number of rotatable bonds is 4. The van der Waals surface area contributed by atoms with Crippen molar-refractivity contribution in [1.82, 2.24) is 4.98 Å². The number of nitrogens with one attached hydrogen (secondary N) is 2. The maximum atomic E-state index is 11.1. The minimum Gasteiger partial charge on any atom is -0.364 e. The molecule has 1 amide bonds. The fraction of sp³-hybridized carbons (Fsp3) is 0.200. The SMILES string of the molecule is CC(=O)Nc1cccc(C(C)Nc2cccc(Cl)n2)c1. The van der Waals surface area contributed by atoms with Crippen LogP contribution in [0, 0.1) is 0 Å². The molecule has 0 saturated heterocycles. The van der Waals surface area contributed by atoms with Crippen molar-refractivity contribution in [2.45, 2.75) is 19.9 Å². The Kier molecular flexibility index (Phi) is 4.58. The van der Waals surface area contributed by atoms with E-state index in [1.165, 1.54) is 6.92 Å². The van der Waals surface area contributed by atoms with Gasteiger partial charge in [0.15, 0.2) is 0 Å². The lowest BCUT2D eigenvalue weighted by molar-refractivity contribution is -0.114. The molecule has 2 aromatic rings. The van der Waals surface area contributed by atoms with Crippen LogP contribution in [0.2, 0.25) is 5.15 Å². The number of halogens is 1. The van der Waals surface area contributed by atoms with Gasteiger partial charge in [-0.1, -0.05) is 29.8 Å². The molecule has 4 nitrogen and oxygen atoms in total. The van der Waals surface area contributed by atoms with Gasteiger partial charge in [-0.2, -0.15) is 0 Å². The highest BCUT2D eigenvalue weighted by Gasteiger charge is 2.07. The molecule has 0 saturated carbocycles. The number of carbonyl (C=O) groups is 1. The summed E-state index contributed by atoms with van der Waals surface area (Å²) in [6, 6.07) is 13.2. The number of carbonyl (C=O) groups excluding carboxylic acids is 1. The zero-order valence-corrected chi connectivity index (χ0v) is 12.1. The molecular weight excluding hydrogens is 274 g/mol. The number of nitrogens with zero attached hydrogens (tertiary/aromatic N) is 1. The Hall–Kier alpha value is -2.07. The average Bonchev–Trinajstić information content (AvgIpc) is 2.38. The van der Waals surface area contributed by atoms with Gasteiger partial charge in [0, 0.05) is 12.6 Å². The summed E-state index contributed by atoms with van der Waals surface area (Å²) in [6.07, 6.45) is 0. The van der Waals surface area contributed by atoms with Gasteiger partial charge in [-0.25, -0.2) is 4.98 Å². The Bertz CT molecular complexity index is 616. The van der Waals surface area contributed by atoms with Gasteiger partial charge < -0.3 is 10.6 Å². The van der Waals surface area contributed by atoms with E-state index in [2.05, 4.69) is 15.6 Å². The summed E-state index contributed by atoms with van der Waals surface area (Å²) in [7, 11) is 0. The third kappa shape index (κ3) is 3.96. The second kappa shape index (κ2) is 6.39. The number of aromatic nitrogens is 1. The van der Waals surface area contributed by atoms with Crippen molar-refractivity contribution in [1.29, 1.82) is 0 Å². The van der Waals surface area contributed by atoms with Crippen LogP contribution in [-0.2, 0) is 4.79 Å². The van der Waals surface area contributed by atoms with E-state index in [1.54, 1.807) is 6.07 Å². The quantitative estimate of drug-likeness (QED) is 0.840. The van der Waals surface area contributed by atoms with Crippen molar-refractivity contribution in [3.05, 3.63) is 53.2 Å². The molecule has 1 aromatic heterocycles. The molecule has 1 heterocycles. The smallest absolute Gasteiger partial charge is 0.221 e. The van der Waals surface area contributed by atoms with Crippen LogP contribution in [0.5, 0.6) is 0 Å².